The van der Waals surface area contributed by atoms with Crippen LogP contribution in [-0.2, 0) is 28.9 Å². The van der Waals surface area contributed by atoms with E-state index >= 15 is 0 Å². The third kappa shape index (κ3) is 5.58. The van der Waals surface area contributed by atoms with E-state index in [0.29, 0.717) is 22.3 Å². The lowest BCUT2D eigenvalue weighted by Gasteiger charge is -2.08. The smallest absolute Gasteiger partial charge is 0.274 e. The first-order valence-corrected chi connectivity index (χ1v) is 12.1. The summed E-state index contributed by atoms with van der Waals surface area (Å²) < 4.78 is 43.4. The van der Waals surface area contributed by atoms with Gasteiger partial charge < -0.3 is 10.6 Å². The number of nitrogens with zero attached hydrogens (tertiary/aromatic N) is 4. The highest BCUT2D eigenvalue weighted by Gasteiger charge is 2.20. The van der Waals surface area contributed by atoms with E-state index in [1.807, 2.05) is 0 Å². The maximum Gasteiger partial charge on any atom is 0.274 e. The van der Waals surface area contributed by atoms with Crippen LogP contribution < -0.4 is 15.4 Å². The quantitative estimate of drug-likeness (QED) is 0.343. The number of nitrogens with one attached hydrogen (secondary N) is 3. The van der Waals surface area contributed by atoms with Gasteiger partial charge in [-0.05, 0) is 36.4 Å². The molecule has 11 nitrogen and oxygen atoms in total. The van der Waals surface area contributed by atoms with Crippen molar-refractivity contribution in [2.24, 2.45) is 14.1 Å². The van der Waals surface area contributed by atoms with Crippen molar-refractivity contribution in [3.63, 3.8) is 0 Å². The van der Waals surface area contributed by atoms with Crippen molar-refractivity contribution in [3.05, 3.63) is 65.3 Å². The van der Waals surface area contributed by atoms with Gasteiger partial charge in [0.1, 0.15) is 17.3 Å². The summed E-state index contributed by atoms with van der Waals surface area (Å²) in [4.78, 5) is 24.9. The zero-order valence-electron chi connectivity index (χ0n) is 18.4. The Balaban J connectivity index is 1.49. The van der Waals surface area contributed by atoms with Crippen molar-refractivity contribution in [1.82, 2.24) is 19.6 Å². The molecule has 2 aromatic carbocycles. The first-order valence-electron chi connectivity index (χ1n) is 10.0. The van der Waals surface area contributed by atoms with E-state index in [0.717, 1.165) is 6.07 Å². The third-order valence-corrected chi connectivity index (χ3v) is 6.29. The van der Waals surface area contributed by atoms with Gasteiger partial charge in [-0.25, -0.2) is 12.8 Å². The average Bonchev–Trinajstić information content (AvgIpc) is 3.30. The summed E-state index contributed by atoms with van der Waals surface area (Å²) in [6, 6.07) is 8.21. The van der Waals surface area contributed by atoms with Gasteiger partial charge in [0, 0.05) is 31.4 Å². The van der Waals surface area contributed by atoms with E-state index in [1.54, 1.807) is 14.1 Å². The van der Waals surface area contributed by atoms with Crippen LogP contribution in [0.4, 0.5) is 21.5 Å². The predicted octanol–water partition coefficient (Wildman–Crippen LogP) is 2.73. The number of anilines is 3. The molecule has 2 amide bonds. The molecular weight excluding hydrogens is 501 g/mol. The van der Waals surface area contributed by atoms with E-state index in [-0.39, 0.29) is 16.4 Å². The lowest BCUT2D eigenvalue weighted by atomic mass is 10.2. The normalized spacial score (nSPS) is 11.4. The molecule has 0 unspecified atom stereocenters. The summed E-state index contributed by atoms with van der Waals surface area (Å²) in [7, 11) is -0.813. The molecule has 0 atom stereocenters. The summed E-state index contributed by atoms with van der Waals surface area (Å²) in [5.74, 6) is -2.67. The van der Waals surface area contributed by atoms with E-state index in [4.69, 9.17) is 11.6 Å². The fraction of sp³-hybridized carbons (Fsp3) is 0.143. The SMILES string of the molecule is Cn1cc(NC(=O)CS(=O)(=O)Nc2ccc3c(C(=O)Nc4ccc(F)c(Cl)c4)n(C)nc3c2)cn1. The Labute approximate surface area is 203 Å². The van der Waals surface area contributed by atoms with Gasteiger partial charge in [-0.3, -0.25) is 23.7 Å². The minimum absolute atomic E-state index is 0.135. The fourth-order valence-electron chi connectivity index (χ4n) is 3.37. The van der Waals surface area contributed by atoms with E-state index < -0.39 is 33.4 Å². The standard InChI is InChI=1S/C21H19ClFN7O4S/c1-29-10-14(9-24-29)25-19(31)11-35(33,34)28-13-3-5-15-18(8-13)27-30(2)20(15)21(32)26-12-4-6-17(23)16(22)7-12/h3-10,28H,11H2,1-2H3,(H,25,31)(H,26,32). The monoisotopic (exact) mass is 519 g/mol. The Kier molecular flexibility index (Phi) is 6.45. The highest BCUT2D eigenvalue weighted by molar-refractivity contribution is 7.93. The van der Waals surface area contributed by atoms with Crippen molar-refractivity contribution in [2.45, 2.75) is 0 Å². The second kappa shape index (κ2) is 9.35. The molecule has 14 heteroatoms. The van der Waals surface area contributed by atoms with Crippen molar-refractivity contribution in [1.29, 1.82) is 0 Å². The van der Waals surface area contributed by atoms with Crippen LogP contribution in [0.15, 0.2) is 48.8 Å². The summed E-state index contributed by atoms with van der Waals surface area (Å²) >= 11 is 5.76. The Morgan fingerprint density at radius 2 is 1.80 bits per heavy atom. The summed E-state index contributed by atoms with van der Waals surface area (Å²) in [6.45, 7) is 0. The molecule has 35 heavy (non-hydrogen) atoms. The van der Waals surface area contributed by atoms with Crippen molar-refractivity contribution in [3.8, 4) is 0 Å². The lowest BCUT2D eigenvalue weighted by Crippen LogP contribution is -2.27. The van der Waals surface area contributed by atoms with Crippen LogP contribution in [0.2, 0.25) is 5.02 Å². The minimum Gasteiger partial charge on any atom is -0.322 e. The molecule has 0 saturated heterocycles. The van der Waals surface area contributed by atoms with E-state index in [9.17, 15) is 22.4 Å². The average molecular weight is 520 g/mol. The zero-order chi connectivity index (χ0) is 25.3. The summed E-state index contributed by atoms with van der Waals surface area (Å²) in [5.41, 5.74) is 1.38. The highest BCUT2D eigenvalue weighted by Crippen LogP contribution is 2.25. The number of carbonyl (C=O) groups excluding carboxylic acids is 2. The second-order valence-electron chi connectivity index (χ2n) is 7.60. The molecule has 0 aliphatic heterocycles. The number of hydrogen-bond acceptors (Lipinski definition) is 6. The summed E-state index contributed by atoms with van der Waals surface area (Å²) in [5, 5.41) is 13.6. The van der Waals surface area contributed by atoms with Crippen molar-refractivity contribution in [2.75, 3.05) is 21.1 Å². The van der Waals surface area contributed by atoms with Crippen LogP contribution in [-0.4, -0.2) is 45.5 Å². The lowest BCUT2D eigenvalue weighted by molar-refractivity contribution is -0.113. The molecule has 4 rings (SSSR count). The molecule has 2 aromatic heterocycles. The Hall–Kier alpha value is -3.97. The number of carbonyl (C=O) groups is 2. The van der Waals surface area contributed by atoms with E-state index in [2.05, 4.69) is 25.6 Å². The number of hydrogen-bond donors (Lipinski definition) is 3. The highest BCUT2D eigenvalue weighted by atomic mass is 35.5. The maximum absolute atomic E-state index is 13.4. The van der Waals surface area contributed by atoms with Crippen LogP contribution in [0.25, 0.3) is 10.9 Å². The molecule has 0 saturated carbocycles. The molecule has 0 radical (unpaired) electrons. The minimum atomic E-state index is -4.03. The number of aryl methyl sites for hydroxylation is 2. The molecular formula is C21H19ClFN7O4S. The third-order valence-electron chi connectivity index (χ3n) is 4.81. The van der Waals surface area contributed by atoms with Gasteiger partial charge >= 0.3 is 0 Å². The van der Waals surface area contributed by atoms with Gasteiger partial charge in [-0.1, -0.05) is 11.6 Å². The van der Waals surface area contributed by atoms with Gasteiger partial charge in [0.05, 0.1) is 28.1 Å². The van der Waals surface area contributed by atoms with Crippen LogP contribution in [0, 0.1) is 5.82 Å². The first kappa shape index (κ1) is 24.2. The summed E-state index contributed by atoms with van der Waals surface area (Å²) in [6.07, 6.45) is 2.93. The number of amides is 2. The zero-order valence-corrected chi connectivity index (χ0v) is 20.0. The van der Waals surface area contributed by atoms with Gasteiger partial charge in [0.15, 0.2) is 0 Å². The number of halogens is 2. The maximum atomic E-state index is 13.4. The van der Waals surface area contributed by atoms with Crippen LogP contribution >= 0.6 is 11.6 Å². The number of sulfonamides is 1. The molecule has 0 spiro atoms. The van der Waals surface area contributed by atoms with Gasteiger partial charge in [0.25, 0.3) is 5.91 Å². The van der Waals surface area contributed by atoms with Crippen LogP contribution in [0.5, 0.6) is 0 Å². The van der Waals surface area contributed by atoms with Gasteiger partial charge in [-0.15, -0.1) is 0 Å². The molecule has 0 aliphatic rings. The van der Waals surface area contributed by atoms with Gasteiger partial charge in [-0.2, -0.15) is 10.2 Å². The molecule has 3 N–H and O–H groups in total. The molecule has 0 fully saturated rings. The molecule has 0 aliphatic carbocycles. The Morgan fingerprint density at radius 3 is 2.49 bits per heavy atom. The number of fused-ring (bicyclic) bond motifs is 1. The van der Waals surface area contributed by atoms with Crippen molar-refractivity contribution < 1.29 is 22.4 Å². The molecule has 4 aromatic rings. The molecule has 0 bridgehead atoms. The number of rotatable bonds is 7. The van der Waals surface area contributed by atoms with Crippen LogP contribution in [0.1, 0.15) is 10.5 Å². The fourth-order valence-corrected chi connectivity index (χ4v) is 4.52. The Bertz CT molecular complexity index is 1570. The topological polar surface area (TPSA) is 140 Å². The molecule has 2 heterocycles. The largest absolute Gasteiger partial charge is 0.322 e. The number of benzene rings is 2. The first-order chi connectivity index (χ1) is 16.5. The number of aromatic nitrogens is 4. The molecule has 182 valence electrons. The van der Waals surface area contributed by atoms with E-state index in [1.165, 1.54) is 52.1 Å². The van der Waals surface area contributed by atoms with Gasteiger partial charge in [0.2, 0.25) is 15.9 Å². The Morgan fingerprint density at radius 1 is 1.06 bits per heavy atom. The van der Waals surface area contributed by atoms with Crippen molar-refractivity contribution >= 4 is 61.4 Å². The second-order valence-corrected chi connectivity index (χ2v) is 9.73. The van der Waals surface area contributed by atoms with Crippen LogP contribution in [0.3, 0.4) is 0 Å². The predicted molar refractivity (Wildman–Crippen MR) is 129 cm³/mol.